The second kappa shape index (κ2) is 9.48. The first-order valence-electron chi connectivity index (χ1n) is 11.3. The summed E-state index contributed by atoms with van der Waals surface area (Å²) in [5.74, 6) is -4.21. The number of halogens is 3. The molecule has 0 bridgehead atoms. The normalized spacial score (nSPS) is 19.1. The second-order valence-electron chi connectivity index (χ2n) is 9.01. The third-order valence-corrected chi connectivity index (χ3v) is 6.51. The molecular formula is C25H26F3N3O3. The van der Waals surface area contributed by atoms with E-state index < -0.39 is 54.6 Å². The Bertz CT molecular complexity index is 1100. The lowest BCUT2D eigenvalue weighted by Crippen LogP contribution is -2.44. The van der Waals surface area contributed by atoms with Crippen LogP contribution in [-0.2, 0) is 14.4 Å². The maximum atomic E-state index is 13.4. The second-order valence-corrected chi connectivity index (χ2v) is 9.01. The molecule has 1 aliphatic carbocycles. The van der Waals surface area contributed by atoms with Crippen LogP contribution in [0.15, 0.2) is 48.5 Å². The average Bonchev–Trinajstić information content (AvgIpc) is 3.61. The molecule has 3 amide bonds. The molecule has 2 aromatic carbocycles. The van der Waals surface area contributed by atoms with Gasteiger partial charge in [-0.05, 0) is 36.0 Å². The predicted octanol–water partition coefficient (Wildman–Crippen LogP) is 4.32. The van der Waals surface area contributed by atoms with Crippen LogP contribution in [0.25, 0.3) is 11.1 Å². The van der Waals surface area contributed by atoms with Gasteiger partial charge in [0.15, 0.2) is 0 Å². The molecule has 2 aromatic rings. The molecule has 4 rings (SSSR count). The van der Waals surface area contributed by atoms with Crippen LogP contribution < -0.4 is 16.4 Å². The highest BCUT2D eigenvalue weighted by Gasteiger charge is 2.41. The number of fused-ring (bicyclic) bond motifs is 3. The molecule has 2 aliphatic rings. The first kappa shape index (κ1) is 23.8. The fraction of sp³-hybridized carbons (Fsp3) is 0.400. The van der Waals surface area contributed by atoms with E-state index in [1.807, 2.05) is 24.3 Å². The molecule has 4 N–H and O–H groups in total. The summed E-state index contributed by atoms with van der Waals surface area (Å²) in [6.45, 7) is 0. The number of nitrogens with one attached hydrogen (secondary N) is 2. The van der Waals surface area contributed by atoms with Gasteiger partial charge in [-0.15, -0.1) is 0 Å². The van der Waals surface area contributed by atoms with Crippen LogP contribution in [0.3, 0.4) is 0 Å². The van der Waals surface area contributed by atoms with Gasteiger partial charge >= 0.3 is 6.18 Å². The van der Waals surface area contributed by atoms with Crippen LogP contribution in [0, 0.1) is 17.8 Å². The first-order chi connectivity index (χ1) is 16.1. The van der Waals surface area contributed by atoms with Crippen LogP contribution in [0.4, 0.5) is 18.9 Å². The molecule has 1 heterocycles. The van der Waals surface area contributed by atoms with Crippen LogP contribution in [0.5, 0.6) is 0 Å². The number of carbonyl (C=O) groups excluding carboxylic acids is 3. The Hall–Kier alpha value is -3.36. The van der Waals surface area contributed by atoms with Crippen molar-refractivity contribution < 1.29 is 27.6 Å². The molecule has 0 saturated heterocycles. The van der Waals surface area contributed by atoms with Gasteiger partial charge in [0.25, 0.3) is 5.91 Å². The molecule has 0 aromatic heterocycles. The molecular weight excluding hydrogens is 447 g/mol. The minimum Gasteiger partial charge on any atom is -0.369 e. The van der Waals surface area contributed by atoms with Gasteiger partial charge in [-0.1, -0.05) is 55.3 Å². The summed E-state index contributed by atoms with van der Waals surface area (Å²) >= 11 is 0. The van der Waals surface area contributed by atoms with Crippen molar-refractivity contribution in [2.24, 2.45) is 23.5 Å². The lowest BCUT2D eigenvalue weighted by atomic mass is 9.82. The topological polar surface area (TPSA) is 101 Å². The summed E-state index contributed by atoms with van der Waals surface area (Å²) in [5, 5.41) is 5.55. The molecule has 0 unspecified atom stereocenters. The minimum atomic E-state index is -4.47. The quantitative estimate of drug-likeness (QED) is 0.532. The lowest BCUT2D eigenvalue weighted by Gasteiger charge is -2.27. The minimum absolute atomic E-state index is 0.156. The van der Waals surface area contributed by atoms with Crippen molar-refractivity contribution in [3.8, 4) is 11.1 Å². The SMILES string of the molecule is NC(=O)[C@H](CCC(F)(F)F)[C@H](CC1CC1)C(=O)N[C@@H]1C(=O)Nc2ccccc2-c2ccccc21. The van der Waals surface area contributed by atoms with E-state index in [0.29, 0.717) is 11.3 Å². The fourth-order valence-corrected chi connectivity index (χ4v) is 4.59. The number of anilines is 1. The number of alkyl halides is 3. The Morgan fingerprint density at radius 2 is 1.68 bits per heavy atom. The highest BCUT2D eigenvalue weighted by molar-refractivity contribution is 6.05. The van der Waals surface area contributed by atoms with Crippen molar-refractivity contribution in [1.82, 2.24) is 5.32 Å². The number of para-hydroxylation sites is 1. The van der Waals surface area contributed by atoms with Crippen LogP contribution in [0.2, 0.25) is 0 Å². The summed E-state index contributed by atoms with van der Waals surface area (Å²) in [6.07, 6.45) is -4.31. The molecule has 9 heteroatoms. The summed E-state index contributed by atoms with van der Waals surface area (Å²) in [7, 11) is 0. The number of hydrogen-bond donors (Lipinski definition) is 3. The standard InChI is InChI=1S/C25H26F3N3O3/c26-25(27,28)12-11-18(22(29)32)19(13-14-9-10-14)23(33)31-21-17-7-2-1-5-15(17)16-6-3-4-8-20(16)30-24(21)34/h1-8,14,18-19,21H,9-13H2,(H2,29,32)(H,30,34)(H,31,33)/t18-,19+,21+/m1/s1. The number of rotatable bonds is 8. The predicted molar refractivity (Wildman–Crippen MR) is 120 cm³/mol. The summed E-state index contributed by atoms with van der Waals surface area (Å²) < 4.78 is 38.6. The molecule has 0 spiro atoms. The van der Waals surface area contributed by atoms with E-state index in [9.17, 15) is 27.6 Å². The zero-order valence-corrected chi connectivity index (χ0v) is 18.4. The van der Waals surface area contributed by atoms with Gasteiger partial charge < -0.3 is 16.4 Å². The Morgan fingerprint density at radius 1 is 1.03 bits per heavy atom. The van der Waals surface area contributed by atoms with Crippen LogP contribution >= 0.6 is 0 Å². The van der Waals surface area contributed by atoms with E-state index in [0.717, 1.165) is 24.0 Å². The summed E-state index contributed by atoms with van der Waals surface area (Å²) in [6, 6.07) is 13.3. The number of primary amides is 1. The maximum absolute atomic E-state index is 13.4. The Kier molecular flexibility index (Phi) is 6.63. The van der Waals surface area contributed by atoms with Gasteiger partial charge in [0.05, 0.1) is 0 Å². The Balaban J connectivity index is 1.63. The number of carbonyl (C=O) groups is 3. The highest BCUT2D eigenvalue weighted by atomic mass is 19.4. The molecule has 1 saturated carbocycles. The highest BCUT2D eigenvalue weighted by Crippen LogP contribution is 2.41. The Labute approximate surface area is 195 Å². The van der Waals surface area contributed by atoms with E-state index in [1.165, 1.54) is 0 Å². The molecule has 1 fully saturated rings. The fourth-order valence-electron chi connectivity index (χ4n) is 4.59. The lowest BCUT2D eigenvalue weighted by molar-refractivity contribution is -0.146. The van der Waals surface area contributed by atoms with Gasteiger partial charge in [0.1, 0.15) is 6.04 Å². The number of amides is 3. The van der Waals surface area contributed by atoms with E-state index in [2.05, 4.69) is 10.6 Å². The smallest absolute Gasteiger partial charge is 0.369 e. The Morgan fingerprint density at radius 3 is 2.32 bits per heavy atom. The van der Waals surface area contributed by atoms with Crippen molar-refractivity contribution in [3.05, 3.63) is 54.1 Å². The van der Waals surface area contributed by atoms with Gasteiger partial charge in [-0.3, -0.25) is 14.4 Å². The van der Waals surface area contributed by atoms with Crippen molar-refractivity contribution in [1.29, 1.82) is 0 Å². The van der Waals surface area contributed by atoms with Gasteiger partial charge in [-0.25, -0.2) is 0 Å². The monoisotopic (exact) mass is 473 g/mol. The van der Waals surface area contributed by atoms with E-state index in [1.54, 1.807) is 24.3 Å². The molecule has 34 heavy (non-hydrogen) atoms. The number of nitrogens with two attached hydrogens (primary N) is 1. The van der Waals surface area contributed by atoms with E-state index >= 15 is 0 Å². The third-order valence-electron chi connectivity index (χ3n) is 6.51. The molecule has 6 nitrogen and oxygen atoms in total. The molecule has 1 aliphatic heterocycles. The zero-order valence-electron chi connectivity index (χ0n) is 18.4. The van der Waals surface area contributed by atoms with Crippen LogP contribution in [0.1, 0.15) is 43.7 Å². The maximum Gasteiger partial charge on any atom is 0.389 e. The van der Waals surface area contributed by atoms with Gasteiger partial charge in [0, 0.05) is 29.5 Å². The van der Waals surface area contributed by atoms with Gasteiger partial charge in [-0.2, -0.15) is 13.2 Å². The zero-order chi connectivity index (χ0) is 24.5. The van der Waals surface area contributed by atoms with E-state index in [-0.39, 0.29) is 12.3 Å². The van der Waals surface area contributed by atoms with Crippen molar-refractivity contribution in [2.75, 3.05) is 5.32 Å². The number of hydrogen-bond acceptors (Lipinski definition) is 3. The van der Waals surface area contributed by atoms with Crippen molar-refractivity contribution in [2.45, 2.75) is 44.3 Å². The van der Waals surface area contributed by atoms with E-state index in [4.69, 9.17) is 5.73 Å². The molecule has 0 radical (unpaired) electrons. The third kappa shape index (κ3) is 5.40. The summed E-state index contributed by atoms with van der Waals surface area (Å²) in [4.78, 5) is 38.7. The van der Waals surface area contributed by atoms with Crippen LogP contribution in [-0.4, -0.2) is 23.9 Å². The largest absolute Gasteiger partial charge is 0.389 e. The first-order valence-corrected chi connectivity index (χ1v) is 11.3. The average molecular weight is 473 g/mol. The summed E-state index contributed by atoms with van der Waals surface area (Å²) in [5.41, 5.74) is 8.15. The van der Waals surface area contributed by atoms with Gasteiger partial charge in [0.2, 0.25) is 11.8 Å². The van der Waals surface area contributed by atoms with Crippen molar-refractivity contribution >= 4 is 23.4 Å². The number of benzene rings is 2. The molecule has 3 atom stereocenters. The van der Waals surface area contributed by atoms with Crippen molar-refractivity contribution in [3.63, 3.8) is 0 Å². The molecule has 180 valence electrons.